The van der Waals surface area contributed by atoms with E-state index in [1.54, 1.807) is 18.2 Å². The van der Waals surface area contributed by atoms with E-state index in [9.17, 15) is 14.9 Å². The van der Waals surface area contributed by atoms with Crippen molar-refractivity contribution in [2.45, 2.75) is 6.61 Å². The fourth-order valence-corrected chi connectivity index (χ4v) is 2.64. The Morgan fingerprint density at radius 1 is 1.25 bits per heavy atom. The van der Waals surface area contributed by atoms with E-state index < -0.39 is 10.9 Å². The summed E-state index contributed by atoms with van der Waals surface area (Å²) < 4.78 is 5.05. The van der Waals surface area contributed by atoms with Crippen LogP contribution in [-0.4, -0.2) is 10.9 Å². The molecule has 5 nitrogen and oxygen atoms in total. The van der Waals surface area contributed by atoms with Gasteiger partial charge in [-0.3, -0.25) is 10.1 Å². The van der Waals surface area contributed by atoms with Gasteiger partial charge in [0.05, 0.1) is 4.92 Å². The lowest BCUT2D eigenvalue weighted by molar-refractivity contribution is -0.380. The first kappa shape index (κ1) is 14.8. The summed E-state index contributed by atoms with van der Waals surface area (Å²) in [6.45, 7) is -0.0942. The quantitative estimate of drug-likeness (QED) is 0.475. The molecule has 0 radical (unpaired) electrons. The van der Waals surface area contributed by atoms with Crippen molar-refractivity contribution in [3.8, 4) is 0 Å². The second-order valence-corrected chi connectivity index (χ2v) is 5.55. The Morgan fingerprint density at radius 2 is 1.90 bits per heavy atom. The molecule has 0 bridgehead atoms. The SMILES string of the molecule is O=C(OCc1c(Cl)cccc1Cl)c1ccc([N+](=O)[O-])s1. The van der Waals surface area contributed by atoms with Crippen molar-refractivity contribution in [1.82, 2.24) is 0 Å². The number of thiophene rings is 1. The molecule has 1 heterocycles. The Hall–Kier alpha value is -1.63. The Bertz CT molecular complexity index is 651. The zero-order valence-electron chi connectivity index (χ0n) is 9.84. The first-order chi connectivity index (χ1) is 9.49. The van der Waals surface area contributed by atoms with E-state index in [1.807, 2.05) is 0 Å². The monoisotopic (exact) mass is 331 g/mol. The maximum absolute atomic E-state index is 11.8. The topological polar surface area (TPSA) is 69.4 Å². The van der Waals surface area contributed by atoms with E-state index in [0.717, 1.165) is 11.3 Å². The predicted octanol–water partition coefficient (Wildman–Crippen LogP) is 4.32. The van der Waals surface area contributed by atoms with Gasteiger partial charge in [-0.15, -0.1) is 0 Å². The summed E-state index contributed by atoms with van der Waals surface area (Å²) >= 11 is 12.6. The fraction of sp³-hybridized carbons (Fsp3) is 0.0833. The molecule has 0 amide bonds. The van der Waals surface area contributed by atoms with Crippen molar-refractivity contribution < 1.29 is 14.5 Å². The molecule has 2 aromatic rings. The highest BCUT2D eigenvalue weighted by atomic mass is 35.5. The number of benzene rings is 1. The average molecular weight is 332 g/mol. The van der Waals surface area contributed by atoms with E-state index in [0.29, 0.717) is 15.6 Å². The fourth-order valence-electron chi connectivity index (χ4n) is 1.41. The molecule has 0 saturated heterocycles. The molecule has 0 saturated carbocycles. The van der Waals surface area contributed by atoms with Crippen LogP contribution in [-0.2, 0) is 11.3 Å². The van der Waals surface area contributed by atoms with E-state index in [1.165, 1.54) is 12.1 Å². The Balaban J connectivity index is 2.07. The number of nitro groups is 1. The predicted molar refractivity (Wildman–Crippen MR) is 76.6 cm³/mol. The highest BCUT2D eigenvalue weighted by Crippen LogP contribution is 2.27. The highest BCUT2D eigenvalue weighted by molar-refractivity contribution is 7.17. The maximum atomic E-state index is 11.8. The third kappa shape index (κ3) is 3.27. The van der Waals surface area contributed by atoms with E-state index in [-0.39, 0.29) is 16.5 Å². The standard InChI is InChI=1S/C12H7Cl2NO4S/c13-8-2-1-3-9(14)7(8)6-19-12(16)10-4-5-11(20-10)15(17)18/h1-5H,6H2. The van der Waals surface area contributed by atoms with Gasteiger partial charge in [0.15, 0.2) is 0 Å². The van der Waals surface area contributed by atoms with Crippen molar-refractivity contribution in [1.29, 1.82) is 0 Å². The van der Waals surface area contributed by atoms with Crippen LogP contribution in [0.5, 0.6) is 0 Å². The van der Waals surface area contributed by atoms with Crippen molar-refractivity contribution in [3.05, 3.63) is 60.9 Å². The summed E-state index contributed by atoms with van der Waals surface area (Å²) in [5.74, 6) is -0.654. The van der Waals surface area contributed by atoms with Gasteiger partial charge in [-0.05, 0) is 18.2 Å². The highest BCUT2D eigenvalue weighted by Gasteiger charge is 2.17. The number of carbonyl (C=O) groups excluding carboxylic acids is 1. The number of halogens is 2. The first-order valence-electron chi connectivity index (χ1n) is 5.33. The first-order valence-corrected chi connectivity index (χ1v) is 6.90. The van der Waals surface area contributed by atoms with Crippen LogP contribution < -0.4 is 0 Å². The molecule has 0 aliphatic heterocycles. The van der Waals surface area contributed by atoms with Gasteiger partial charge in [-0.1, -0.05) is 40.6 Å². The van der Waals surface area contributed by atoms with Crippen molar-refractivity contribution in [3.63, 3.8) is 0 Å². The molecule has 0 aliphatic rings. The molecule has 0 unspecified atom stereocenters. The van der Waals surface area contributed by atoms with E-state index >= 15 is 0 Å². The van der Waals surface area contributed by atoms with Gasteiger partial charge >= 0.3 is 11.0 Å². The maximum Gasteiger partial charge on any atom is 0.348 e. The number of hydrogen-bond donors (Lipinski definition) is 0. The summed E-state index contributed by atoms with van der Waals surface area (Å²) in [5.41, 5.74) is 0.496. The van der Waals surface area contributed by atoms with Gasteiger partial charge in [-0.25, -0.2) is 4.79 Å². The normalized spacial score (nSPS) is 10.3. The smallest absolute Gasteiger partial charge is 0.348 e. The summed E-state index contributed by atoms with van der Waals surface area (Å²) in [7, 11) is 0. The molecule has 0 N–H and O–H groups in total. The number of esters is 1. The largest absolute Gasteiger partial charge is 0.457 e. The molecule has 2 rings (SSSR count). The lowest BCUT2D eigenvalue weighted by atomic mass is 10.2. The van der Waals surface area contributed by atoms with E-state index in [4.69, 9.17) is 27.9 Å². The number of carbonyl (C=O) groups is 1. The van der Waals surface area contributed by atoms with Crippen LogP contribution in [0.1, 0.15) is 15.2 Å². The molecule has 1 aromatic heterocycles. The number of ether oxygens (including phenoxy) is 1. The molecule has 0 fully saturated rings. The van der Waals surface area contributed by atoms with Crippen LogP contribution in [0.4, 0.5) is 5.00 Å². The van der Waals surface area contributed by atoms with Crippen LogP contribution in [0.2, 0.25) is 10.0 Å². The molecule has 8 heteroatoms. The van der Waals surface area contributed by atoms with Gasteiger partial charge in [0.1, 0.15) is 11.5 Å². The van der Waals surface area contributed by atoms with Gasteiger partial charge < -0.3 is 4.74 Å². The third-order valence-corrected chi connectivity index (χ3v) is 4.11. The molecule has 20 heavy (non-hydrogen) atoms. The molecule has 0 aliphatic carbocycles. The second kappa shape index (κ2) is 6.21. The molecule has 0 spiro atoms. The zero-order chi connectivity index (χ0) is 14.7. The molecular weight excluding hydrogens is 325 g/mol. The summed E-state index contributed by atoms with van der Waals surface area (Å²) in [6.07, 6.45) is 0. The van der Waals surface area contributed by atoms with Gasteiger partial charge in [0.25, 0.3) is 0 Å². The molecule has 1 aromatic carbocycles. The van der Waals surface area contributed by atoms with Gasteiger partial charge in [-0.2, -0.15) is 0 Å². The van der Waals surface area contributed by atoms with Gasteiger partial charge in [0.2, 0.25) is 0 Å². The molecular formula is C12H7Cl2NO4S. The zero-order valence-corrected chi connectivity index (χ0v) is 12.2. The Labute approximate surface area is 127 Å². The lowest BCUT2D eigenvalue weighted by Gasteiger charge is -2.07. The number of hydrogen-bond acceptors (Lipinski definition) is 5. The van der Waals surface area contributed by atoms with Crippen LogP contribution in [0.15, 0.2) is 30.3 Å². The summed E-state index contributed by atoms with van der Waals surface area (Å²) in [4.78, 5) is 21.9. The molecule has 104 valence electrons. The van der Waals surface area contributed by atoms with Crippen molar-refractivity contribution in [2.75, 3.05) is 0 Å². The van der Waals surface area contributed by atoms with Crippen LogP contribution in [0.3, 0.4) is 0 Å². The Morgan fingerprint density at radius 3 is 2.45 bits per heavy atom. The summed E-state index contributed by atoms with van der Waals surface area (Å²) in [6, 6.07) is 7.54. The summed E-state index contributed by atoms with van der Waals surface area (Å²) in [5, 5.41) is 11.2. The van der Waals surface area contributed by atoms with Gasteiger partial charge in [0, 0.05) is 21.7 Å². The minimum atomic E-state index is -0.654. The van der Waals surface area contributed by atoms with Crippen molar-refractivity contribution in [2.24, 2.45) is 0 Å². The molecule has 0 atom stereocenters. The second-order valence-electron chi connectivity index (χ2n) is 3.67. The Kier molecular flexibility index (Phi) is 4.59. The minimum Gasteiger partial charge on any atom is -0.457 e. The average Bonchev–Trinajstić information content (AvgIpc) is 2.87. The minimum absolute atomic E-state index is 0.0942. The van der Waals surface area contributed by atoms with E-state index in [2.05, 4.69) is 0 Å². The van der Waals surface area contributed by atoms with Crippen LogP contribution >= 0.6 is 34.5 Å². The number of nitrogens with zero attached hydrogens (tertiary/aromatic N) is 1. The van der Waals surface area contributed by atoms with Crippen LogP contribution in [0, 0.1) is 10.1 Å². The van der Waals surface area contributed by atoms with Crippen LogP contribution in [0.25, 0.3) is 0 Å². The third-order valence-electron chi connectivity index (χ3n) is 2.38. The van der Waals surface area contributed by atoms with Crippen molar-refractivity contribution >= 4 is 45.5 Å². The lowest BCUT2D eigenvalue weighted by Crippen LogP contribution is -2.03. The number of rotatable bonds is 4.